The van der Waals surface area contributed by atoms with E-state index in [0.717, 1.165) is 29.2 Å². The third-order valence-corrected chi connectivity index (χ3v) is 6.58. The molecule has 1 saturated heterocycles. The molecule has 0 aromatic heterocycles. The molecule has 0 radical (unpaired) electrons. The Bertz CT molecular complexity index is 285. The van der Waals surface area contributed by atoms with Crippen LogP contribution in [0.5, 0.6) is 0 Å². The fourth-order valence-electron chi connectivity index (χ4n) is 3.91. The molecule has 2 rings (SSSR count). The SMILES string of the molecule is CSC1CCC(N2CC(C(C)C)NCC2C(C)C)CC1. The van der Waals surface area contributed by atoms with Crippen molar-refractivity contribution in [3.05, 3.63) is 0 Å². The van der Waals surface area contributed by atoms with Crippen molar-refractivity contribution in [1.29, 1.82) is 0 Å². The van der Waals surface area contributed by atoms with Crippen molar-refractivity contribution < 1.29 is 0 Å². The summed E-state index contributed by atoms with van der Waals surface area (Å²) in [5, 5.41) is 4.72. The van der Waals surface area contributed by atoms with E-state index in [0.29, 0.717) is 6.04 Å². The normalized spacial score (nSPS) is 36.8. The van der Waals surface area contributed by atoms with Crippen molar-refractivity contribution in [2.45, 2.75) is 76.8 Å². The van der Waals surface area contributed by atoms with E-state index in [2.05, 4.69) is 55.9 Å². The minimum atomic E-state index is 0.684. The van der Waals surface area contributed by atoms with Gasteiger partial charge in [-0.15, -0.1) is 0 Å². The number of hydrogen-bond acceptors (Lipinski definition) is 3. The van der Waals surface area contributed by atoms with Crippen LogP contribution in [0.25, 0.3) is 0 Å². The Labute approximate surface area is 130 Å². The van der Waals surface area contributed by atoms with Crippen LogP contribution in [-0.2, 0) is 0 Å². The van der Waals surface area contributed by atoms with Gasteiger partial charge in [0.15, 0.2) is 0 Å². The van der Waals surface area contributed by atoms with Gasteiger partial charge in [0.05, 0.1) is 0 Å². The number of piperazine rings is 1. The Morgan fingerprint density at radius 1 is 1.00 bits per heavy atom. The van der Waals surface area contributed by atoms with E-state index in [1.165, 1.54) is 38.8 Å². The largest absolute Gasteiger partial charge is 0.311 e. The standard InChI is InChI=1S/C17H34N2S/c1-12(2)16-11-19(17(10-18-16)13(3)4)14-6-8-15(20-5)9-7-14/h12-18H,6-11H2,1-5H3. The minimum absolute atomic E-state index is 0.684. The number of rotatable bonds is 4. The van der Waals surface area contributed by atoms with Gasteiger partial charge in [0.25, 0.3) is 0 Å². The highest BCUT2D eigenvalue weighted by Gasteiger charge is 2.36. The third kappa shape index (κ3) is 3.92. The van der Waals surface area contributed by atoms with Gasteiger partial charge in [-0.1, -0.05) is 27.7 Å². The van der Waals surface area contributed by atoms with Gasteiger partial charge in [0, 0.05) is 36.5 Å². The molecule has 1 aliphatic heterocycles. The maximum absolute atomic E-state index is 3.79. The van der Waals surface area contributed by atoms with Crippen molar-refractivity contribution in [2.24, 2.45) is 11.8 Å². The van der Waals surface area contributed by atoms with Crippen LogP contribution >= 0.6 is 11.8 Å². The molecule has 118 valence electrons. The Morgan fingerprint density at radius 2 is 1.65 bits per heavy atom. The summed E-state index contributed by atoms with van der Waals surface area (Å²) in [5.41, 5.74) is 0. The fraction of sp³-hybridized carbons (Fsp3) is 1.00. The van der Waals surface area contributed by atoms with E-state index in [1.807, 2.05) is 0 Å². The van der Waals surface area contributed by atoms with E-state index < -0.39 is 0 Å². The number of hydrogen-bond donors (Lipinski definition) is 1. The molecular weight excluding hydrogens is 264 g/mol. The number of nitrogens with zero attached hydrogens (tertiary/aromatic N) is 1. The lowest BCUT2D eigenvalue weighted by atomic mass is 9.87. The average Bonchev–Trinajstić information content (AvgIpc) is 2.46. The van der Waals surface area contributed by atoms with E-state index >= 15 is 0 Å². The van der Waals surface area contributed by atoms with E-state index in [-0.39, 0.29) is 0 Å². The van der Waals surface area contributed by atoms with Crippen LogP contribution in [0.4, 0.5) is 0 Å². The summed E-state index contributed by atoms with van der Waals surface area (Å²) in [7, 11) is 0. The monoisotopic (exact) mass is 298 g/mol. The highest BCUT2D eigenvalue weighted by atomic mass is 32.2. The van der Waals surface area contributed by atoms with Crippen LogP contribution in [0.3, 0.4) is 0 Å². The Balaban J connectivity index is 2.00. The molecule has 1 N–H and O–H groups in total. The van der Waals surface area contributed by atoms with Crippen LogP contribution in [0.15, 0.2) is 0 Å². The second-order valence-electron chi connectivity index (χ2n) is 7.43. The topological polar surface area (TPSA) is 15.3 Å². The lowest BCUT2D eigenvalue weighted by Crippen LogP contribution is -2.62. The smallest absolute Gasteiger partial charge is 0.0247 e. The maximum Gasteiger partial charge on any atom is 0.0247 e. The summed E-state index contributed by atoms with van der Waals surface area (Å²) in [6.07, 6.45) is 7.96. The van der Waals surface area contributed by atoms with Crippen molar-refractivity contribution >= 4 is 11.8 Å². The molecule has 2 nitrogen and oxygen atoms in total. The molecule has 1 aliphatic carbocycles. The molecule has 2 fully saturated rings. The van der Waals surface area contributed by atoms with Crippen molar-refractivity contribution in [3.8, 4) is 0 Å². The summed E-state index contributed by atoms with van der Waals surface area (Å²) in [6.45, 7) is 11.9. The predicted octanol–water partition coefficient (Wildman–Crippen LogP) is 3.62. The molecular formula is C17H34N2S. The molecule has 0 amide bonds. The van der Waals surface area contributed by atoms with Gasteiger partial charge in [-0.25, -0.2) is 0 Å². The highest BCUT2D eigenvalue weighted by Crippen LogP contribution is 2.32. The van der Waals surface area contributed by atoms with Gasteiger partial charge in [-0.2, -0.15) is 11.8 Å². The molecule has 1 saturated carbocycles. The van der Waals surface area contributed by atoms with Gasteiger partial charge in [-0.05, 0) is 43.8 Å². The zero-order chi connectivity index (χ0) is 14.7. The summed E-state index contributed by atoms with van der Waals surface area (Å²) in [5.74, 6) is 1.50. The van der Waals surface area contributed by atoms with Crippen LogP contribution in [0.1, 0.15) is 53.4 Å². The number of nitrogens with one attached hydrogen (secondary N) is 1. The first kappa shape index (κ1) is 16.6. The van der Waals surface area contributed by atoms with Gasteiger partial charge in [0.2, 0.25) is 0 Å². The summed E-state index contributed by atoms with van der Waals surface area (Å²) in [6, 6.07) is 2.26. The van der Waals surface area contributed by atoms with Crippen LogP contribution in [-0.4, -0.2) is 47.6 Å². The molecule has 0 bridgehead atoms. The van der Waals surface area contributed by atoms with E-state index in [9.17, 15) is 0 Å². The zero-order valence-corrected chi connectivity index (χ0v) is 14.9. The number of thioether (sulfide) groups is 1. The molecule has 3 heteroatoms. The van der Waals surface area contributed by atoms with Crippen molar-refractivity contribution in [2.75, 3.05) is 19.3 Å². The molecule has 2 atom stereocenters. The molecule has 2 unspecified atom stereocenters. The lowest BCUT2D eigenvalue weighted by molar-refractivity contribution is 0.0312. The lowest BCUT2D eigenvalue weighted by Gasteiger charge is -2.49. The summed E-state index contributed by atoms with van der Waals surface area (Å²) >= 11 is 2.08. The second-order valence-corrected chi connectivity index (χ2v) is 8.57. The van der Waals surface area contributed by atoms with Crippen LogP contribution in [0.2, 0.25) is 0 Å². The Hall–Kier alpha value is 0.270. The van der Waals surface area contributed by atoms with Gasteiger partial charge >= 0.3 is 0 Å². The summed E-state index contributed by atoms with van der Waals surface area (Å²) in [4.78, 5) is 2.88. The maximum atomic E-state index is 3.79. The molecule has 0 aromatic carbocycles. The molecule has 0 aromatic rings. The summed E-state index contributed by atoms with van der Waals surface area (Å²) < 4.78 is 0. The van der Waals surface area contributed by atoms with Crippen molar-refractivity contribution in [1.82, 2.24) is 10.2 Å². The average molecular weight is 299 g/mol. The van der Waals surface area contributed by atoms with Crippen LogP contribution < -0.4 is 5.32 Å². The fourth-order valence-corrected chi connectivity index (χ4v) is 4.66. The molecule has 2 aliphatic rings. The molecule has 20 heavy (non-hydrogen) atoms. The van der Waals surface area contributed by atoms with E-state index in [4.69, 9.17) is 0 Å². The van der Waals surface area contributed by atoms with Gasteiger partial charge in [0.1, 0.15) is 0 Å². The minimum Gasteiger partial charge on any atom is -0.311 e. The van der Waals surface area contributed by atoms with Gasteiger partial charge in [-0.3, -0.25) is 4.90 Å². The first-order valence-electron chi connectivity index (χ1n) is 8.54. The first-order chi connectivity index (χ1) is 9.52. The van der Waals surface area contributed by atoms with Gasteiger partial charge < -0.3 is 5.32 Å². The predicted molar refractivity (Wildman–Crippen MR) is 91.5 cm³/mol. The van der Waals surface area contributed by atoms with Crippen molar-refractivity contribution in [3.63, 3.8) is 0 Å². The third-order valence-electron chi connectivity index (χ3n) is 5.44. The molecule has 0 spiro atoms. The Morgan fingerprint density at radius 3 is 2.15 bits per heavy atom. The highest BCUT2D eigenvalue weighted by molar-refractivity contribution is 7.99. The first-order valence-corrected chi connectivity index (χ1v) is 9.83. The quantitative estimate of drug-likeness (QED) is 0.853. The second kappa shape index (κ2) is 7.51. The van der Waals surface area contributed by atoms with E-state index in [1.54, 1.807) is 0 Å². The molecule has 1 heterocycles. The van der Waals surface area contributed by atoms with Crippen LogP contribution in [0, 0.1) is 11.8 Å². The Kier molecular flexibility index (Phi) is 6.25. The zero-order valence-electron chi connectivity index (χ0n) is 14.1.